The van der Waals surface area contributed by atoms with Crippen LogP contribution in [-0.4, -0.2) is 62.4 Å². The molecule has 26 heavy (non-hydrogen) atoms. The maximum Gasteiger partial charge on any atom is 0.242 e. The van der Waals surface area contributed by atoms with Crippen molar-refractivity contribution in [3.8, 4) is 18.1 Å². The Labute approximate surface area is 160 Å². The second-order valence-electron chi connectivity index (χ2n) is 6.04. The molecule has 0 bridgehead atoms. The minimum absolute atomic E-state index is 0.191. The van der Waals surface area contributed by atoms with E-state index in [1.807, 2.05) is 31.1 Å². The molecule has 6 nitrogen and oxygen atoms in total. The standard InChI is InChI=1S/C19H26ClN3O3/c1-4-12-26-16-8-6-15(7-9-16)13-17(22-18(24)14-20)19(25)21-10-5-11-23(2)3/h1,6-9,17H,5,10-14H2,2-3H3,(H,21,25)(H,22,24)/t17-/m0/s1. The number of rotatable bonds is 11. The fourth-order valence-corrected chi connectivity index (χ4v) is 2.33. The molecule has 7 heteroatoms. The Hall–Kier alpha value is -2.23. The third-order valence-electron chi connectivity index (χ3n) is 3.54. The van der Waals surface area contributed by atoms with Crippen molar-refractivity contribution in [3.05, 3.63) is 29.8 Å². The van der Waals surface area contributed by atoms with E-state index in [1.165, 1.54) is 0 Å². The van der Waals surface area contributed by atoms with Crippen molar-refractivity contribution in [2.24, 2.45) is 0 Å². The molecule has 142 valence electrons. The summed E-state index contributed by atoms with van der Waals surface area (Å²) in [5.74, 6) is 2.25. The minimum Gasteiger partial charge on any atom is -0.481 e. The number of ether oxygens (including phenoxy) is 1. The number of alkyl halides is 1. The normalized spacial score (nSPS) is 11.5. The van der Waals surface area contributed by atoms with E-state index in [-0.39, 0.29) is 24.3 Å². The first-order valence-corrected chi connectivity index (χ1v) is 8.92. The van der Waals surface area contributed by atoms with Crippen LogP contribution in [0.5, 0.6) is 5.75 Å². The van der Waals surface area contributed by atoms with Crippen LogP contribution in [0.15, 0.2) is 24.3 Å². The Morgan fingerprint density at radius 2 is 2.00 bits per heavy atom. The van der Waals surface area contributed by atoms with Gasteiger partial charge < -0.3 is 20.3 Å². The van der Waals surface area contributed by atoms with Crippen molar-refractivity contribution in [2.45, 2.75) is 18.9 Å². The number of halogens is 1. The zero-order chi connectivity index (χ0) is 19.4. The molecule has 1 rings (SSSR count). The van der Waals surface area contributed by atoms with Gasteiger partial charge in [-0.2, -0.15) is 0 Å². The van der Waals surface area contributed by atoms with Crippen LogP contribution in [0.25, 0.3) is 0 Å². The SMILES string of the molecule is C#CCOc1ccc(C[C@H](NC(=O)CCl)C(=O)NCCCN(C)C)cc1. The van der Waals surface area contributed by atoms with Crippen LogP contribution < -0.4 is 15.4 Å². The Kier molecular flexibility index (Phi) is 10.2. The zero-order valence-corrected chi connectivity index (χ0v) is 16.0. The third kappa shape index (κ3) is 8.75. The first kappa shape index (κ1) is 21.8. The van der Waals surface area contributed by atoms with E-state index < -0.39 is 6.04 Å². The number of hydrogen-bond donors (Lipinski definition) is 2. The predicted molar refractivity (Wildman–Crippen MR) is 103 cm³/mol. The monoisotopic (exact) mass is 379 g/mol. The first-order valence-electron chi connectivity index (χ1n) is 8.39. The molecular formula is C19H26ClN3O3. The number of hydrogen-bond acceptors (Lipinski definition) is 4. The van der Waals surface area contributed by atoms with Gasteiger partial charge in [-0.25, -0.2) is 0 Å². The van der Waals surface area contributed by atoms with Crippen molar-refractivity contribution in [1.82, 2.24) is 15.5 Å². The Balaban J connectivity index is 2.65. The fourth-order valence-electron chi connectivity index (χ4n) is 2.25. The van der Waals surface area contributed by atoms with Crippen LogP contribution in [0, 0.1) is 12.3 Å². The molecule has 0 spiro atoms. The minimum atomic E-state index is -0.682. The molecule has 0 heterocycles. The number of carbonyl (C=O) groups is 2. The third-order valence-corrected chi connectivity index (χ3v) is 3.78. The van der Waals surface area contributed by atoms with Crippen molar-refractivity contribution in [3.63, 3.8) is 0 Å². The van der Waals surface area contributed by atoms with Crippen LogP contribution >= 0.6 is 11.6 Å². The maximum absolute atomic E-state index is 12.4. The first-order chi connectivity index (χ1) is 12.5. The van der Waals surface area contributed by atoms with Crippen LogP contribution in [-0.2, 0) is 16.0 Å². The molecule has 0 radical (unpaired) electrons. The molecule has 0 aliphatic rings. The van der Waals surface area contributed by atoms with Crippen LogP contribution in [0.1, 0.15) is 12.0 Å². The van der Waals surface area contributed by atoms with Crippen molar-refractivity contribution >= 4 is 23.4 Å². The summed E-state index contributed by atoms with van der Waals surface area (Å²) in [4.78, 5) is 26.1. The lowest BCUT2D eigenvalue weighted by Gasteiger charge is -2.19. The molecule has 2 amide bonds. The molecule has 0 aliphatic carbocycles. The lowest BCUT2D eigenvalue weighted by Crippen LogP contribution is -2.48. The van der Waals surface area contributed by atoms with Gasteiger partial charge in [0.15, 0.2) is 0 Å². The molecule has 0 fully saturated rings. The molecular weight excluding hydrogens is 354 g/mol. The van der Waals surface area contributed by atoms with Crippen LogP contribution in [0.2, 0.25) is 0 Å². The van der Waals surface area contributed by atoms with Gasteiger partial charge in [0.1, 0.15) is 24.3 Å². The Morgan fingerprint density at radius 1 is 1.31 bits per heavy atom. The molecule has 1 atom stereocenters. The van der Waals surface area contributed by atoms with E-state index >= 15 is 0 Å². The molecule has 0 unspecified atom stereocenters. The summed E-state index contributed by atoms with van der Waals surface area (Å²) < 4.78 is 5.32. The molecule has 1 aromatic carbocycles. The molecule has 0 aliphatic heterocycles. The highest BCUT2D eigenvalue weighted by molar-refractivity contribution is 6.27. The van der Waals surface area contributed by atoms with E-state index in [2.05, 4.69) is 16.6 Å². The summed E-state index contributed by atoms with van der Waals surface area (Å²) in [6.07, 6.45) is 6.35. The van der Waals surface area contributed by atoms with Gasteiger partial charge in [-0.15, -0.1) is 18.0 Å². The second kappa shape index (κ2) is 12.2. The number of terminal acetylenes is 1. The van der Waals surface area contributed by atoms with E-state index in [0.717, 1.165) is 18.5 Å². The van der Waals surface area contributed by atoms with Gasteiger partial charge in [0.2, 0.25) is 11.8 Å². The van der Waals surface area contributed by atoms with E-state index in [9.17, 15) is 9.59 Å². The Bertz CT molecular complexity index is 611. The lowest BCUT2D eigenvalue weighted by atomic mass is 10.0. The van der Waals surface area contributed by atoms with Crippen molar-refractivity contribution in [1.29, 1.82) is 0 Å². The average molecular weight is 380 g/mol. The zero-order valence-electron chi connectivity index (χ0n) is 15.3. The summed E-state index contributed by atoms with van der Waals surface area (Å²) in [6, 6.07) is 6.55. The van der Waals surface area contributed by atoms with Gasteiger partial charge in [0, 0.05) is 13.0 Å². The van der Waals surface area contributed by atoms with Gasteiger partial charge >= 0.3 is 0 Å². The molecule has 0 saturated heterocycles. The number of amides is 2. The largest absolute Gasteiger partial charge is 0.481 e. The number of nitrogens with zero attached hydrogens (tertiary/aromatic N) is 1. The lowest BCUT2D eigenvalue weighted by molar-refractivity contribution is -0.127. The highest BCUT2D eigenvalue weighted by Crippen LogP contribution is 2.13. The van der Waals surface area contributed by atoms with Gasteiger partial charge in [-0.1, -0.05) is 18.1 Å². The number of benzene rings is 1. The molecule has 1 aromatic rings. The van der Waals surface area contributed by atoms with Crippen molar-refractivity contribution < 1.29 is 14.3 Å². The van der Waals surface area contributed by atoms with Crippen molar-refractivity contribution in [2.75, 3.05) is 39.7 Å². The summed E-state index contributed by atoms with van der Waals surface area (Å²) in [6.45, 7) is 1.62. The van der Waals surface area contributed by atoms with Crippen LogP contribution in [0.3, 0.4) is 0 Å². The summed E-state index contributed by atoms with van der Waals surface area (Å²) in [7, 11) is 3.95. The highest BCUT2D eigenvalue weighted by atomic mass is 35.5. The predicted octanol–water partition coefficient (Wildman–Crippen LogP) is 1.03. The number of nitrogens with one attached hydrogen (secondary N) is 2. The topological polar surface area (TPSA) is 70.7 Å². The van der Waals surface area contributed by atoms with E-state index in [1.54, 1.807) is 12.1 Å². The second-order valence-corrected chi connectivity index (χ2v) is 6.31. The van der Waals surface area contributed by atoms with E-state index in [0.29, 0.717) is 18.7 Å². The van der Waals surface area contributed by atoms with Gasteiger partial charge in [0.05, 0.1) is 0 Å². The molecule has 2 N–H and O–H groups in total. The summed E-state index contributed by atoms with van der Waals surface area (Å²) in [5, 5.41) is 5.52. The average Bonchev–Trinajstić information content (AvgIpc) is 2.63. The highest BCUT2D eigenvalue weighted by Gasteiger charge is 2.20. The van der Waals surface area contributed by atoms with Crippen LogP contribution in [0.4, 0.5) is 0 Å². The fraction of sp³-hybridized carbons (Fsp3) is 0.474. The van der Waals surface area contributed by atoms with Gasteiger partial charge in [0.25, 0.3) is 0 Å². The quantitative estimate of drug-likeness (QED) is 0.342. The maximum atomic E-state index is 12.4. The smallest absolute Gasteiger partial charge is 0.242 e. The number of carbonyl (C=O) groups excluding carboxylic acids is 2. The molecule has 0 aromatic heterocycles. The summed E-state index contributed by atoms with van der Waals surface area (Å²) in [5.41, 5.74) is 0.890. The van der Waals surface area contributed by atoms with Gasteiger partial charge in [-0.3, -0.25) is 9.59 Å². The van der Waals surface area contributed by atoms with Gasteiger partial charge in [-0.05, 0) is 44.8 Å². The van der Waals surface area contributed by atoms with E-state index in [4.69, 9.17) is 22.8 Å². The Morgan fingerprint density at radius 3 is 2.58 bits per heavy atom. The summed E-state index contributed by atoms with van der Waals surface area (Å²) >= 11 is 5.55. The molecule has 0 saturated carbocycles.